The molecule has 2 fully saturated rings. The quantitative estimate of drug-likeness (QED) is 0.264. The molecule has 0 aromatic carbocycles. The van der Waals surface area contributed by atoms with Gasteiger partial charge >= 0.3 is 53.9 Å². The van der Waals surface area contributed by atoms with Gasteiger partial charge in [-0.3, -0.25) is 4.79 Å². The maximum atomic E-state index is 15.9. The highest BCUT2D eigenvalue weighted by atomic mass is 19.4. The van der Waals surface area contributed by atoms with Crippen LogP contribution >= 0.6 is 0 Å². The van der Waals surface area contributed by atoms with Gasteiger partial charge in [0.15, 0.2) is 5.41 Å². The van der Waals surface area contributed by atoms with Crippen molar-refractivity contribution in [3.05, 3.63) is 0 Å². The number of hydrogen-bond acceptors (Lipinski definition) is 4. The molecule has 20 heteroatoms. The van der Waals surface area contributed by atoms with Crippen LogP contribution in [0.4, 0.5) is 70.2 Å². The third-order valence-electron chi connectivity index (χ3n) is 7.50. The van der Waals surface area contributed by atoms with Crippen molar-refractivity contribution in [3.8, 4) is 0 Å². The molecule has 4 atom stereocenters. The van der Waals surface area contributed by atoms with Gasteiger partial charge in [-0.25, -0.2) is 0 Å². The van der Waals surface area contributed by atoms with Crippen LogP contribution in [-0.2, 0) is 14.3 Å². The van der Waals surface area contributed by atoms with Crippen molar-refractivity contribution in [3.63, 3.8) is 0 Å². The first-order valence-electron chi connectivity index (χ1n) is 11.2. The Hall–Kier alpha value is -1.73. The van der Waals surface area contributed by atoms with E-state index in [1.165, 1.54) is 0 Å². The largest absolute Gasteiger partial charge is 0.449 e. The van der Waals surface area contributed by atoms with E-state index in [0.29, 0.717) is 6.92 Å². The lowest BCUT2D eigenvalue weighted by molar-refractivity contribution is -0.585. The molecule has 236 valence electrons. The average molecular weight is 628 g/mol. The Bertz CT molecular complexity index is 963. The van der Waals surface area contributed by atoms with Gasteiger partial charge in [-0.15, -0.1) is 0 Å². The Morgan fingerprint density at radius 2 is 1.25 bits per heavy atom. The number of ether oxygens (including phenoxy) is 2. The summed E-state index contributed by atoms with van der Waals surface area (Å²) in [6.45, 7) is -0.0213. The predicted octanol–water partition coefficient (Wildman–Crippen LogP) is 7.24. The van der Waals surface area contributed by atoms with E-state index in [-0.39, 0.29) is 13.3 Å². The number of aliphatic hydroxyl groups is 1. The number of esters is 1. The van der Waals surface area contributed by atoms with Crippen molar-refractivity contribution >= 4 is 5.97 Å². The van der Waals surface area contributed by atoms with Gasteiger partial charge in [0.25, 0.3) is 0 Å². The number of carbonyl (C=O) groups is 1. The van der Waals surface area contributed by atoms with E-state index in [1.807, 2.05) is 0 Å². The van der Waals surface area contributed by atoms with Gasteiger partial charge in [-0.2, -0.15) is 70.2 Å². The van der Waals surface area contributed by atoms with E-state index in [1.54, 1.807) is 0 Å². The van der Waals surface area contributed by atoms with Gasteiger partial charge in [-0.05, 0) is 26.2 Å². The van der Waals surface area contributed by atoms with Gasteiger partial charge in [0.2, 0.25) is 5.60 Å². The number of carbonyl (C=O) groups excluding carboxylic acids is 1. The monoisotopic (exact) mass is 628 g/mol. The number of halogens is 16. The molecule has 0 aromatic rings. The van der Waals surface area contributed by atoms with Crippen LogP contribution in [-0.4, -0.2) is 64.6 Å². The van der Waals surface area contributed by atoms with Gasteiger partial charge in [0.1, 0.15) is 0 Å². The molecule has 0 bridgehead atoms. The smallest absolute Gasteiger partial charge is 0.435 e. The number of hydrogen-bond donors (Lipinski definition) is 1. The Balaban J connectivity index is 3.20. The van der Waals surface area contributed by atoms with E-state index in [4.69, 9.17) is 0 Å². The fourth-order valence-corrected chi connectivity index (χ4v) is 4.86. The number of rotatable bonds is 4. The second-order valence-corrected chi connectivity index (χ2v) is 9.71. The molecular formula is C20H20F16O4. The van der Waals surface area contributed by atoms with Gasteiger partial charge < -0.3 is 14.6 Å². The molecule has 1 heterocycles. The molecule has 1 saturated heterocycles. The first-order chi connectivity index (χ1) is 17.5. The predicted molar refractivity (Wildman–Crippen MR) is 96.7 cm³/mol. The lowest BCUT2D eigenvalue weighted by Crippen LogP contribution is -2.92. The van der Waals surface area contributed by atoms with E-state index in [0.717, 1.165) is 0 Å². The first-order valence-corrected chi connectivity index (χ1v) is 11.2. The Morgan fingerprint density at radius 3 is 1.57 bits per heavy atom. The van der Waals surface area contributed by atoms with Crippen molar-refractivity contribution in [2.24, 2.45) is 11.3 Å². The van der Waals surface area contributed by atoms with Crippen LogP contribution in [0.25, 0.3) is 0 Å². The molecule has 2 rings (SSSR count). The highest BCUT2D eigenvalue weighted by Gasteiger charge is 3.03. The van der Waals surface area contributed by atoms with E-state index in [2.05, 4.69) is 9.47 Å². The van der Waals surface area contributed by atoms with Gasteiger partial charge in [0, 0.05) is 5.92 Å². The minimum atomic E-state index is -7.90. The van der Waals surface area contributed by atoms with Crippen LogP contribution in [0.2, 0.25) is 0 Å². The third kappa shape index (κ3) is 4.15. The highest BCUT2D eigenvalue weighted by Crippen LogP contribution is 2.72. The van der Waals surface area contributed by atoms with Crippen LogP contribution in [0.15, 0.2) is 0 Å². The minimum Gasteiger partial charge on any atom is -0.435 e. The Kier molecular flexibility index (Phi) is 8.09. The second-order valence-electron chi connectivity index (χ2n) is 9.71. The zero-order valence-electron chi connectivity index (χ0n) is 20.0. The molecule has 4 unspecified atom stereocenters. The lowest BCUT2D eigenvalue weighted by atomic mass is 9.63. The van der Waals surface area contributed by atoms with Crippen molar-refractivity contribution in [1.82, 2.24) is 0 Å². The standard InChI is InChI=1S/C20H20F16O4/c1-3-11(2,17(25,26)27)10(37)39-13(19(31,32)33)14(21,22)12(18(28,29)30,9-7-5-4-6-8-9)40-16(38,15(13,23)24)20(34,35)36/h9,38H,3-8H2,1-2H3. The maximum absolute atomic E-state index is 15.9. The molecule has 1 aliphatic heterocycles. The molecule has 0 aromatic heterocycles. The van der Waals surface area contributed by atoms with Crippen LogP contribution < -0.4 is 0 Å². The van der Waals surface area contributed by atoms with Gasteiger partial charge in [0.05, 0.1) is 0 Å². The normalized spacial score (nSPS) is 33.8. The molecule has 1 N–H and O–H groups in total. The summed E-state index contributed by atoms with van der Waals surface area (Å²) in [6.07, 6.45) is -34.3. The fraction of sp³-hybridized carbons (Fsp3) is 0.950. The molecule has 0 radical (unpaired) electrons. The molecule has 2 aliphatic rings. The van der Waals surface area contributed by atoms with Crippen LogP contribution in [0.3, 0.4) is 0 Å². The minimum absolute atomic E-state index is 0.102. The Labute approximate surface area is 213 Å². The zero-order valence-corrected chi connectivity index (χ0v) is 20.0. The van der Waals surface area contributed by atoms with Crippen molar-refractivity contribution in [2.75, 3.05) is 0 Å². The summed E-state index contributed by atoms with van der Waals surface area (Å²) in [5.74, 6) is -29.4. The van der Waals surface area contributed by atoms with E-state index in [9.17, 15) is 62.6 Å². The summed E-state index contributed by atoms with van der Waals surface area (Å²) < 4.78 is 236. The summed E-state index contributed by atoms with van der Waals surface area (Å²) in [7, 11) is 0. The molecule has 1 saturated carbocycles. The molecule has 0 spiro atoms. The molecule has 40 heavy (non-hydrogen) atoms. The SMILES string of the molecule is CCC(C)(C(=O)OC1(C(F)(F)F)C(F)(F)C(O)(C(F)(F)F)OC(C2CCCCC2)(C(F)(F)F)C1(F)F)C(F)(F)F. The highest BCUT2D eigenvalue weighted by molar-refractivity contribution is 5.78. The summed E-state index contributed by atoms with van der Waals surface area (Å²) in [5.41, 5.74) is -18.4. The topological polar surface area (TPSA) is 55.8 Å². The zero-order chi connectivity index (χ0) is 31.8. The van der Waals surface area contributed by atoms with E-state index < -0.39 is 103 Å². The molecular weight excluding hydrogens is 608 g/mol. The summed E-state index contributed by atoms with van der Waals surface area (Å²) >= 11 is 0. The number of alkyl halides is 16. The van der Waals surface area contributed by atoms with Crippen molar-refractivity contribution < 1.29 is 89.6 Å². The van der Waals surface area contributed by atoms with Crippen LogP contribution in [0.1, 0.15) is 52.4 Å². The molecule has 1 aliphatic carbocycles. The summed E-state index contributed by atoms with van der Waals surface area (Å²) in [5, 5.41) is 9.79. The van der Waals surface area contributed by atoms with Crippen molar-refractivity contribution in [1.29, 1.82) is 0 Å². The third-order valence-corrected chi connectivity index (χ3v) is 7.50. The summed E-state index contributed by atoms with van der Waals surface area (Å²) in [4.78, 5) is 12.3. The first kappa shape index (κ1) is 34.5. The maximum Gasteiger partial charge on any atom is 0.449 e. The van der Waals surface area contributed by atoms with Crippen molar-refractivity contribution in [2.45, 2.75) is 106 Å². The molecule has 4 nitrogen and oxygen atoms in total. The van der Waals surface area contributed by atoms with E-state index >= 15 is 17.6 Å². The van der Waals surface area contributed by atoms with Crippen LogP contribution in [0, 0.1) is 11.3 Å². The second kappa shape index (κ2) is 9.39. The fourth-order valence-electron chi connectivity index (χ4n) is 4.86. The van der Waals surface area contributed by atoms with Crippen LogP contribution in [0.5, 0.6) is 0 Å². The summed E-state index contributed by atoms with van der Waals surface area (Å²) in [6, 6.07) is 0. The lowest BCUT2D eigenvalue weighted by Gasteiger charge is -2.62. The average Bonchev–Trinajstić information content (AvgIpc) is 2.75. The van der Waals surface area contributed by atoms with Gasteiger partial charge in [-0.1, -0.05) is 26.2 Å². The Morgan fingerprint density at radius 1 is 0.800 bits per heavy atom. The molecule has 0 amide bonds.